The monoisotopic (exact) mass is 519 g/mol. The Morgan fingerprint density at radius 2 is 1.82 bits per heavy atom. The minimum atomic E-state index is -0.325. The van der Waals surface area contributed by atoms with Crippen LogP contribution in [-0.2, 0) is 4.79 Å². The lowest BCUT2D eigenvalue weighted by molar-refractivity contribution is -0.122. The zero-order valence-electron chi connectivity index (χ0n) is 21.4. The Labute approximate surface area is 226 Å². The Morgan fingerprint density at radius 3 is 2.56 bits per heavy atom. The molecule has 6 rings (SSSR count). The number of rotatable bonds is 7. The van der Waals surface area contributed by atoms with E-state index in [1.807, 2.05) is 41.3 Å². The summed E-state index contributed by atoms with van der Waals surface area (Å²) in [6, 6.07) is 16.5. The number of amides is 2. The van der Waals surface area contributed by atoms with Crippen molar-refractivity contribution < 1.29 is 9.59 Å². The van der Waals surface area contributed by atoms with Gasteiger partial charge in [0, 0.05) is 42.1 Å². The quantitative estimate of drug-likeness (QED) is 0.400. The average Bonchev–Trinajstić information content (AvgIpc) is 3.72. The van der Waals surface area contributed by atoms with Gasteiger partial charge in [0.1, 0.15) is 5.82 Å². The van der Waals surface area contributed by atoms with Gasteiger partial charge in [-0.2, -0.15) is 10.2 Å². The Morgan fingerprint density at radius 1 is 1.05 bits per heavy atom. The summed E-state index contributed by atoms with van der Waals surface area (Å²) in [7, 11) is 0. The fourth-order valence-corrected chi connectivity index (χ4v) is 6.01. The van der Waals surface area contributed by atoms with Crippen molar-refractivity contribution in [1.29, 1.82) is 5.26 Å². The summed E-state index contributed by atoms with van der Waals surface area (Å²) in [6.07, 6.45) is 8.91. The van der Waals surface area contributed by atoms with E-state index in [-0.39, 0.29) is 35.6 Å². The molecule has 2 aliphatic carbocycles. The minimum absolute atomic E-state index is 0.0254. The molecule has 0 spiro atoms. The minimum Gasteiger partial charge on any atom is -0.369 e. The first kappa shape index (κ1) is 24.6. The number of allylic oxidation sites excluding steroid dienone is 1. The van der Waals surface area contributed by atoms with Crippen molar-refractivity contribution in [1.82, 2.24) is 14.9 Å². The van der Waals surface area contributed by atoms with Gasteiger partial charge >= 0.3 is 0 Å². The lowest BCUT2D eigenvalue weighted by Crippen LogP contribution is -2.41. The molecule has 4 unspecified atom stereocenters. The topological polar surface area (TPSA) is 137 Å². The summed E-state index contributed by atoms with van der Waals surface area (Å²) in [4.78, 5) is 36.5. The van der Waals surface area contributed by atoms with Crippen molar-refractivity contribution in [2.75, 3.05) is 23.7 Å². The van der Waals surface area contributed by atoms with E-state index in [0.717, 1.165) is 43.5 Å². The maximum absolute atomic E-state index is 12.9. The number of nitriles is 1. The van der Waals surface area contributed by atoms with Crippen LogP contribution in [0.3, 0.4) is 0 Å². The highest BCUT2D eigenvalue weighted by Crippen LogP contribution is 2.45. The second-order valence-electron chi connectivity index (χ2n) is 10.4. The van der Waals surface area contributed by atoms with Gasteiger partial charge in [0.2, 0.25) is 11.9 Å². The number of nitrogens with one attached hydrogen (secondary N) is 2. The van der Waals surface area contributed by atoms with Crippen LogP contribution in [0.2, 0.25) is 0 Å². The van der Waals surface area contributed by atoms with E-state index in [2.05, 4.69) is 33.8 Å². The Hall–Kier alpha value is -4.71. The number of likely N-dealkylation sites (tertiary alicyclic amines) is 1. The summed E-state index contributed by atoms with van der Waals surface area (Å²) in [5.41, 5.74) is 9.28. The van der Waals surface area contributed by atoms with Gasteiger partial charge in [-0.15, -0.1) is 0 Å². The predicted octanol–water partition coefficient (Wildman–Crippen LogP) is 4.08. The Balaban J connectivity index is 1.32. The van der Waals surface area contributed by atoms with Crippen LogP contribution in [0.4, 0.5) is 17.5 Å². The SMILES string of the molecule is N#Cc1ccc(-c2cnc(Nc3cccc(C(=O)N4CCCC4)c3)nc2NC2C3C=CC(C3)C2C(N)=O)cc1. The molecule has 2 amide bonds. The third-order valence-electron chi connectivity index (χ3n) is 7.96. The molecule has 9 heteroatoms. The van der Waals surface area contributed by atoms with Crippen LogP contribution >= 0.6 is 0 Å². The number of hydrogen-bond donors (Lipinski definition) is 3. The Kier molecular flexibility index (Phi) is 6.45. The summed E-state index contributed by atoms with van der Waals surface area (Å²) < 4.78 is 0. The molecule has 1 aliphatic heterocycles. The second kappa shape index (κ2) is 10.2. The average molecular weight is 520 g/mol. The molecule has 1 saturated heterocycles. The molecule has 196 valence electrons. The number of nitrogens with two attached hydrogens (primary N) is 1. The van der Waals surface area contributed by atoms with E-state index in [4.69, 9.17) is 10.7 Å². The molecule has 0 radical (unpaired) electrons. The first-order valence-electron chi connectivity index (χ1n) is 13.3. The zero-order valence-corrected chi connectivity index (χ0v) is 21.4. The third-order valence-corrected chi connectivity index (χ3v) is 7.96. The highest BCUT2D eigenvalue weighted by Gasteiger charge is 2.47. The van der Waals surface area contributed by atoms with Crippen molar-refractivity contribution in [3.8, 4) is 17.2 Å². The van der Waals surface area contributed by atoms with Crippen LogP contribution in [0, 0.1) is 29.1 Å². The number of primary amides is 1. The van der Waals surface area contributed by atoms with Gasteiger partial charge in [0.05, 0.1) is 17.6 Å². The smallest absolute Gasteiger partial charge is 0.253 e. The van der Waals surface area contributed by atoms with Gasteiger partial charge in [0.25, 0.3) is 5.91 Å². The molecule has 2 heterocycles. The van der Waals surface area contributed by atoms with Crippen LogP contribution in [-0.4, -0.2) is 45.8 Å². The number of nitrogens with zero attached hydrogens (tertiary/aromatic N) is 4. The van der Waals surface area contributed by atoms with Crippen molar-refractivity contribution in [3.63, 3.8) is 0 Å². The highest BCUT2D eigenvalue weighted by molar-refractivity contribution is 5.95. The van der Waals surface area contributed by atoms with Crippen LogP contribution in [0.15, 0.2) is 66.9 Å². The molecule has 1 saturated carbocycles. The number of fused-ring (bicyclic) bond motifs is 2. The normalized spacial score (nSPS) is 23.0. The van der Waals surface area contributed by atoms with Crippen LogP contribution in [0.25, 0.3) is 11.1 Å². The van der Waals surface area contributed by atoms with Gasteiger partial charge in [-0.1, -0.05) is 30.4 Å². The molecule has 39 heavy (non-hydrogen) atoms. The molecular formula is C30H29N7O2. The van der Waals surface area contributed by atoms with E-state index in [9.17, 15) is 14.9 Å². The molecule has 3 aliphatic rings. The van der Waals surface area contributed by atoms with Crippen LogP contribution < -0.4 is 16.4 Å². The molecular weight excluding hydrogens is 490 g/mol. The van der Waals surface area contributed by atoms with Gasteiger partial charge in [0.15, 0.2) is 0 Å². The van der Waals surface area contributed by atoms with E-state index in [1.165, 1.54) is 0 Å². The number of carbonyl (C=O) groups excluding carboxylic acids is 2. The Bertz CT molecular complexity index is 1490. The number of aromatic nitrogens is 2. The number of anilines is 3. The number of benzene rings is 2. The molecule has 9 nitrogen and oxygen atoms in total. The van der Waals surface area contributed by atoms with Crippen LogP contribution in [0.5, 0.6) is 0 Å². The first-order valence-corrected chi connectivity index (χ1v) is 13.3. The fraction of sp³-hybridized carbons (Fsp3) is 0.300. The molecule has 2 fully saturated rings. The predicted molar refractivity (Wildman–Crippen MR) is 148 cm³/mol. The molecule has 2 bridgehead atoms. The maximum atomic E-state index is 12.9. The van der Waals surface area contributed by atoms with Gasteiger partial charge in [-0.25, -0.2) is 4.98 Å². The number of carbonyl (C=O) groups is 2. The summed E-state index contributed by atoms with van der Waals surface area (Å²) >= 11 is 0. The second-order valence-corrected chi connectivity index (χ2v) is 10.4. The highest BCUT2D eigenvalue weighted by atomic mass is 16.2. The molecule has 4 atom stereocenters. The van der Waals surface area contributed by atoms with Gasteiger partial charge in [-0.3, -0.25) is 9.59 Å². The molecule has 4 N–H and O–H groups in total. The zero-order chi connectivity index (χ0) is 26.9. The summed E-state index contributed by atoms with van der Waals surface area (Å²) in [5.74, 6) is 0.607. The summed E-state index contributed by atoms with van der Waals surface area (Å²) in [6.45, 7) is 1.58. The van der Waals surface area contributed by atoms with Crippen molar-refractivity contribution in [3.05, 3.63) is 78.0 Å². The van der Waals surface area contributed by atoms with E-state index in [0.29, 0.717) is 28.6 Å². The van der Waals surface area contributed by atoms with Crippen molar-refractivity contribution >= 4 is 29.3 Å². The maximum Gasteiger partial charge on any atom is 0.253 e. The lowest BCUT2D eigenvalue weighted by Gasteiger charge is -2.28. The van der Waals surface area contributed by atoms with Crippen molar-refractivity contribution in [2.24, 2.45) is 23.5 Å². The van der Waals surface area contributed by atoms with Gasteiger partial charge in [-0.05, 0) is 67.0 Å². The fourth-order valence-electron chi connectivity index (χ4n) is 6.01. The molecule has 1 aromatic heterocycles. The third kappa shape index (κ3) is 4.81. The molecule has 3 aromatic rings. The summed E-state index contributed by atoms with van der Waals surface area (Å²) in [5, 5.41) is 16.0. The van der Waals surface area contributed by atoms with Crippen LogP contribution in [0.1, 0.15) is 35.2 Å². The standard InChI is InChI=1S/C30H29N7O2/c31-16-18-6-8-19(9-7-18)24-17-33-30(34-23-5-3-4-22(15-23)29(39)37-12-1-2-13-37)36-28(24)35-26-21-11-10-20(14-21)25(26)27(32)38/h3-11,15,17,20-21,25-26H,1-2,12-14H2,(H2,32,38)(H2,33,34,35,36). The van der Waals surface area contributed by atoms with Gasteiger partial charge < -0.3 is 21.3 Å². The first-order chi connectivity index (χ1) is 19.0. The number of hydrogen-bond acceptors (Lipinski definition) is 7. The van der Waals surface area contributed by atoms with Crippen molar-refractivity contribution in [2.45, 2.75) is 25.3 Å². The van der Waals surface area contributed by atoms with E-state index < -0.39 is 0 Å². The van der Waals surface area contributed by atoms with E-state index in [1.54, 1.807) is 18.3 Å². The molecule has 2 aromatic carbocycles. The van der Waals surface area contributed by atoms with E-state index >= 15 is 0 Å². The lowest BCUT2D eigenvalue weighted by atomic mass is 9.88. The largest absolute Gasteiger partial charge is 0.369 e.